The molecule has 2 aromatic rings. The summed E-state index contributed by atoms with van der Waals surface area (Å²) in [5.41, 5.74) is 0.859. The van der Waals surface area contributed by atoms with Gasteiger partial charge in [0.25, 0.3) is 0 Å². The first-order valence-electron chi connectivity index (χ1n) is 10.0. The van der Waals surface area contributed by atoms with E-state index in [1.54, 1.807) is 4.90 Å². The van der Waals surface area contributed by atoms with E-state index >= 15 is 0 Å². The molecular formula is C21H29N5O3. The van der Waals surface area contributed by atoms with Crippen LogP contribution in [0.25, 0.3) is 0 Å². The fraction of sp³-hybridized carbons (Fsp3) is 0.476. The quantitative estimate of drug-likeness (QED) is 0.795. The summed E-state index contributed by atoms with van der Waals surface area (Å²) in [7, 11) is 0. The molecule has 1 aliphatic rings. The van der Waals surface area contributed by atoms with E-state index in [0.717, 1.165) is 17.3 Å². The highest BCUT2D eigenvalue weighted by Gasteiger charge is 2.23. The Kier molecular flexibility index (Phi) is 6.74. The highest BCUT2D eigenvalue weighted by Crippen LogP contribution is 2.29. The summed E-state index contributed by atoms with van der Waals surface area (Å²) in [6.07, 6.45) is -0.175. The highest BCUT2D eigenvalue weighted by atomic mass is 16.6. The average molecular weight is 399 g/mol. The molecule has 1 fully saturated rings. The molecule has 0 atom stereocenters. The van der Waals surface area contributed by atoms with Gasteiger partial charge in [0.1, 0.15) is 23.2 Å². The number of ether oxygens (including phenoxy) is 2. The van der Waals surface area contributed by atoms with Crippen LogP contribution in [0.4, 0.5) is 22.1 Å². The van der Waals surface area contributed by atoms with E-state index in [1.807, 2.05) is 58.0 Å². The van der Waals surface area contributed by atoms with Crippen molar-refractivity contribution in [3.05, 3.63) is 36.2 Å². The number of hydrogen-bond donors (Lipinski definition) is 1. The Labute approximate surface area is 171 Å². The lowest BCUT2D eigenvalue weighted by atomic mass is 10.2. The largest absolute Gasteiger partial charge is 0.489 e. The molecule has 8 heteroatoms. The van der Waals surface area contributed by atoms with Gasteiger partial charge in [0.2, 0.25) is 0 Å². The molecule has 0 spiro atoms. The first-order chi connectivity index (χ1) is 14.0. The van der Waals surface area contributed by atoms with Gasteiger partial charge < -0.3 is 24.6 Å². The number of carbonyl (C=O) groups is 1. The first-order valence-corrected chi connectivity index (χ1v) is 10.0. The molecule has 1 aliphatic heterocycles. The molecule has 1 aromatic carbocycles. The van der Waals surface area contributed by atoms with Crippen molar-refractivity contribution in [1.82, 2.24) is 14.9 Å². The molecule has 8 nitrogen and oxygen atoms in total. The summed E-state index contributed by atoms with van der Waals surface area (Å²) >= 11 is 0. The SMILES string of the molecule is CCOC(=O)N1CCN(c2cc(Nc3ccccc3OC(C)C)nc(C)n2)CC1. The van der Waals surface area contributed by atoms with Crippen LogP contribution in [0.2, 0.25) is 0 Å². The van der Waals surface area contributed by atoms with Gasteiger partial charge in [0, 0.05) is 32.2 Å². The number of rotatable bonds is 6. The highest BCUT2D eigenvalue weighted by molar-refractivity contribution is 5.68. The number of anilines is 3. The topological polar surface area (TPSA) is 79.8 Å². The van der Waals surface area contributed by atoms with Crippen molar-refractivity contribution in [3.8, 4) is 5.75 Å². The minimum absolute atomic E-state index is 0.0799. The third kappa shape index (κ3) is 5.49. The number of benzene rings is 1. The smallest absolute Gasteiger partial charge is 0.409 e. The van der Waals surface area contributed by atoms with Crippen LogP contribution < -0.4 is 15.0 Å². The zero-order chi connectivity index (χ0) is 20.8. The standard InChI is InChI=1S/C21H29N5O3/c1-5-28-21(27)26-12-10-25(11-13-26)20-14-19(22-16(4)23-20)24-17-8-6-7-9-18(17)29-15(2)3/h6-9,14-15H,5,10-13H2,1-4H3,(H,22,23,24). The molecule has 1 amide bonds. The fourth-order valence-electron chi connectivity index (χ4n) is 3.18. The molecule has 1 saturated heterocycles. The van der Waals surface area contributed by atoms with E-state index in [1.165, 1.54) is 0 Å². The number of piperazine rings is 1. The van der Waals surface area contributed by atoms with Crippen LogP contribution in [-0.2, 0) is 4.74 Å². The van der Waals surface area contributed by atoms with E-state index in [0.29, 0.717) is 44.4 Å². The summed E-state index contributed by atoms with van der Waals surface area (Å²) in [5, 5.41) is 3.35. The normalized spacial score (nSPS) is 14.1. The van der Waals surface area contributed by atoms with Crippen LogP contribution >= 0.6 is 0 Å². The van der Waals surface area contributed by atoms with Gasteiger partial charge in [-0.1, -0.05) is 12.1 Å². The van der Waals surface area contributed by atoms with E-state index in [-0.39, 0.29) is 12.2 Å². The number of nitrogens with zero attached hydrogens (tertiary/aromatic N) is 4. The van der Waals surface area contributed by atoms with Gasteiger partial charge in [0.15, 0.2) is 0 Å². The van der Waals surface area contributed by atoms with E-state index in [9.17, 15) is 4.79 Å². The summed E-state index contributed by atoms with van der Waals surface area (Å²) in [6, 6.07) is 9.74. The van der Waals surface area contributed by atoms with Crippen molar-refractivity contribution < 1.29 is 14.3 Å². The second-order valence-corrected chi connectivity index (χ2v) is 7.12. The molecular weight excluding hydrogens is 370 g/mol. The number of nitrogens with one attached hydrogen (secondary N) is 1. The average Bonchev–Trinajstić information content (AvgIpc) is 2.69. The minimum Gasteiger partial charge on any atom is -0.489 e. The van der Waals surface area contributed by atoms with Crippen molar-refractivity contribution in [2.75, 3.05) is 43.0 Å². The molecule has 1 aromatic heterocycles. The zero-order valence-electron chi connectivity index (χ0n) is 17.5. The van der Waals surface area contributed by atoms with Crippen LogP contribution in [-0.4, -0.2) is 59.9 Å². The minimum atomic E-state index is -0.255. The maximum absolute atomic E-state index is 11.9. The molecule has 2 heterocycles. The van der Waals surface area contributed by atoms with Crippen molar-refractivity contribution in [2.45, 2.75) is 33.8 Å². The van der Waals surface area contributed by atoms with Crippen molar-refractivity contribution in [3.63, 3.8) is 0 Å². The Morgan fingerprint density at radius 2 is 1.90 bits per heavy atom. The maximum atomic E-state index is 11.9. The van der Waals surface area contributed by atoms with Gasteiger partial charge in [0.05, 0.1) is 18.4 Å². The molecule has 156 valence electrons. The second kappa shape index (κ2) is 9.45. The van der Waals surface area contributed by atoms with Crippen molar-refractivity contribution >= 4 is 23.4 Å². The third-order valence-corrected chi connectivity index (χ3v) is 4.47. The predicted molar refractivity (Wildman–Crippen MR) is 113 cm³/mol. The van der Waals surface area contributed by atoms with Crippen LogP contribution in [0.1, 0.15) is 26.6 Å². The molecule has 1 N–H and O–H groups in total. The maximum Gasteiger partial charge on any atom is 0.409 e. The lowest BCUT2D eigenvalue weighted by molar-refractivity contribution is 0.105. The number of aryl methyl sites for hydroxylation is 1. The van der Waals surface area contributed by atoms with Gasteiger partial charge in [-0.05, 0) is 39.8 Å². The molecule has 0 unspecified atom stereocenters. The first kappa shape index (κ1) is 20.7. The number of para-hydroxylation sites is 2. The van der Waals surface area contributed by atoms with Crippen molar-refractivity contribution in [1.29, 1.82) is 0 Å². The van der Waals surface area contributed by atoms with Crippen LogP contribution in [0.3, 0.4) is 0 Å². The molecule has 29 heavy (non-hydrogen) atoms. The number of carbonyl (C=O) groups excluding carboxylic acids is 1. The molecule has 0 radical (unpaired) electrons. The van der Waals surface area contributed by atoms with E-state index in [4.69, 9.17) is 9.47 Å². The summed E-state index contributed by atoms with van der Waals surface area (Å²) in [4.78, 5) is 24.9. The van der Waals surface area contributed by atoms with E-state index in [2.05, 4.69) is 20.2 Å². The van der Waals surface area contributed by atoms with E-state index < -0.39 is 0 Å². The zero-order valence-corrected chi connectivity index (χ0v) is 17.5. The van der Waals surface area contributed by atoms with Crippen LogP contribution in [0.15, 0.2) is 30.3 Å². The monoisotopic (exact) mass is 399 g/mol. The second-order valence-electron chi connectivity index (χ2n) is 7.12. The van der Waals surface area contributed by atoms with Gasteiger partial charge >= 0.3 is 6.09 Å². The van der Waals surface area contributed by atoms with Crippen LogP contribution in [0, 0.1) is 6.92 Å². The molecule has 0 saturated carbocycles. The number of aromatic nitrogens is 2. The number of amides is 1. The number of hydrogen-bond acceptors (Lipinski definition) is 7. The Morgan fingerprint density at radius 3 is 2.59 bits per heavy atom. The predicted octanol–water partition coefficient (Wildman–Crippen LogP) is 3.59. The molecule has 0 aliphatic carbocycles. The lowest BCUT2D eigenvalue weighted by Crippen LogP contribution is -2.49. The Balaban J connectivity index is 1.72. The Morgan fingerprint density at radius 1 is 1.17 bits per heavy atom. The Hall–Kier alpha value is -3.03. The summed E-state index contributed by atoms with van der Waals surface area (Å²) in [5.74, 6) is 3.01. The van der Waals surface area contributed by atoms with Crippen molar-refractivity contribution in [2.24, 2.45) is 0 Å². The van der Waals surface area contributed by atoms with Gasteiger partial charge in [-0.2, -0.15) is 0 Å². The fourth-order valence-corrected chi connectivity index (χ4v) is 3.18. The summed E-state index contributed by atoms with van der Waals surface area (Å²) < 4.78 is 11.0. The van der Waals surface area contributed by atoms with Gasteiger partial charge in [-0.15, -0.1) is 0 Å². The van der Waals surface area contributed by atoms with Gasteiger partial charge in [-0.25, -0.2) is 14.8 Å². The lowest BCUT2D eigenvalue weighted by Gasteiger charge is -2.34. The molecule has 0 bridgehead atoms. The summed E-state index contributed by atoms with van der Waals surface area (Å²) in [6.45, 7) is 10.7. The molecule has 3 rings (SSSR count). The third-order valence-electron chi connectivity index (χ3n) is 4.47. The van der Waals surface area contributed by atoms with Gasteiger partial charge in [-0.3, -0.25) is 0 Å². The van der Waals surface area contributed by atoms with Crippen LogP contribution in [0.5, 0.6) is 5.75 Å². The Bertz CT molecular complexity index is 835.